The zero-order valence-electron chi connectivity index (χ0n) is 16.7. The lowest BCUT2D eigenvalue weighted by Gasteiger charge is -2.27. The molecule has 3 unspecified atom stereocenters. The molecule has 0 aromatic rings. The predicted molar refractivity (Wildman–Crippen MR) is 101 cm³/mol. The highest BCUT2D eigenvalue weighted by Gasteiger charge is 2.32. The molecule has 0 aromatic carbocycles. The van der Waals surface area contributed by atoms with Crippen molar-refractivity contribution in [1.29, 1.82) is 0 Å². The van der Waals surface area contributed by atoms with Gasteiger partial charge in [0.25, 0.3) is 0 Å². The molecule has 8 N–H and O–H groups in total. The molecular weight excluding hydrogens is 370 g/mol. The number of carbonyl (C=O) groups is 5. The van der Waals surface area contributed by atoms with Crippen LogP contribution in [-0.4, -0.2) is 59.4 Å². The second-order valence-electron chi connectivity index (χ2n) is 7.13. The number of carbonyl (C=O) groups excluding carboxylic acids is 4. The van der Waals surface area contributed by atoms with Crippen LogP contribution in [0.5, 0.6) is 0 Å². The van der Waals surface area contributed by atoms with Crippen LogP contribution in [-0.2, 0) is 24.0 Å². The van der Waals surface area contributed by atoms with E-state index in [-0.39, 0.29) is 31.2 Å². The highest BCUT2D eigenvalue weighted by molar-refractivity contribution is 5.94. The summed E-state index contributed by atoms with van der Waals surface area (Å²) in [4.78, 5) is 58.9. The van der Waals surface area contributed by atoms with E-state index < -0.39 is 47.7 Å². The maximum Gasteiger partial charge on any atom is 0.326 e. The molecule has 11 nitrogen and oxygen atoms in total. The van der Waals surface area contributed by atoms with Crippen LogP contribution in [0, 0.1) is 11.8 Å². The minimum Gasteiger partial charge on any atom is -0.480 e. The summed E-state index contributed by atoms with van der Waals surface area (Å²) in [6, 6.07) is -3.27. The monoisotopic (exact) mass is 401 g/mol. The maximum absolute atomic E-state index is 12.6. The predicted octanol–water partition coefficient (Wildman–Crippen LogP) is -1.94. The smallest absolute Gasteiger partial charge is 0.326 e. The molecule has 160 valence electrons. The number of nitrogens with two attached hydrogens (primary N) is 2. The number of primary amides is 1. The number of carboxylic acids is 1. The molecule has 0 rings (SSSR count). The van der Waals surface area contributed by atoms with Crippen LogP contribution in [0.25, 0.3) is 0 Å². The molecular formula is C17H31N5O6. The number of hydrogen-bond donors (Lipinski definition) is 6. The fraction of sp³-hybridized carbons (Fsp3) is 0.706. The topological polar surface area (TPSA) is 194 Å². The Balaban J connectivity index is 5.30. The average molecular weight is 401 g/mol. The van der Waals surface area contributed by atoms with Crippen LogP contribution in [0.15, 0.2) is 0 Å². The molecule has 0 radical (unpaired) electrons. The van der Waals surface area contributed by atoms with Gasteiger partial charge in [-0.2, -0.15) is 0 Å². The molecule has 0 saturated heterocycles. The van der Waals surface area contributed by atoms with Gasteiger partial charge in [-0.1, -0.05) is 27.7 Å². The van der Waals surface area contributed by atoms with Gasteiger partial charge in [-0.15, -0.1) is 0 Å². The van der Waals surface area contributed by atoms with Crippen LogP contribution in [0.2, 0.25) is 0 Å². The summed E-state index contributed by atoms with van der Waals surface area (Å²) < 4.78 is 0. The van der Waals surface area contributed by atoms with Crippen LogP contribution in [0.4, 0.5) is 0 Å². The van der Waals surface area contributed by atoms with Crippen molar-refractivity contribution in [2.75, 3.05) is 6.54 Å². The van der Waals surface area contributed by atoms with Gasteiger partial charge in [-0.3, -0.25) is 19.2 Å². The van der Waals surface area contributed by atoms with E-state index in [2.05, 4.69) is 16.0 Å². The molecule has 4 amide bonds. The van der Waals surface area contributed by atoms with Gasteiger partial charge in [0, 0.05) is 6.42 Å². The average Bonchev–Trinajstić information content (AvgIpc) is 2.59. The zero-order chi connectivity index (χ0) is 22.0. The lowest BCUT2D eigenvalue weighted by atomic mass is 9.99. The first-order valence-corrected chi connectivity index (χ1v) is 9.01. The maximum atomic E-state index is 12.6. The van der Waals surface area contributed by atoms with E-state index in [1.165, 1.54) is 0 Å². The van der Waals surface area contributed by atoms with Crippen molar-refractivity contribution in [3.63, 3.8) is 0 Å². The van der Waals surface area contributed by atoms with E-state index in [4.69, 9.17) is 11.5 Å². The summed E-state index contributed by atoms with van der Waals surface area (Å²) in [5.41, 5.74) is 10.3. The second kappa shape index (κ2) is 11.9. The van der Waals surface area contributed by atoms with Crippen LogP contribution in [0.1, 0.15) is 40.5 Å². The van der Waals surface area contributed by atoms with Gasteiger partial charge in [-0.05, 0) is 18.3 Å². The molecule has 0 aliphatic carbocycles. The highest BCUT2D eigenvalue weighted by atomic mass is 16.4. The highest BCUT2D eigenvalue weighted by Crippen LogP contribution is 2.08. The van der Waals surface area contributed by atoms with Crippen LogP contribution < -0.4 is 27.4 Å². The lowest BCUT2D eigenvalue weighted by molar-refractivity contribution is -0.143. The summed E-state index contributed by atoms with van der Waals surface area (Å²) in [5, 5.41) is 16.5. The molecule has 0 aromatic heterocycles. The molecule has 0 heterocycles. The van der Waals surface area contributed by atoms with Crippen molar-refractivity contribution < 1.29 is 29.1 Å². The van der Waals surface area contributed by atoms with Crippen LogP contribution >= 0.6 is 0 Å². The Kier molecular flexibility index (Phi) is 10.8. The minimum absolute atomic E-state index is 0.0664. The van der Waals surface area contributed by atoms with Crippen LogP contribution in [0.3, 0.4) is 0 Å². The number of carboxylic acid groups (broad SMARTS) is 1. The third-order valence-electron chi connectivity index (χ3n) is 3.99. The molecule has 0 fully saturated rings. The first-order valence-electron chi connectivity index (χ1n) is 9.01. The summed E-state index contributed by atoms with van der Waals surface area (Å²) in [7, 11) is 0. The van der Waals surface area contributed by atoms with Crippen molar-refractivity contribution in [2.24, 2.45) is 23.3 Å². The quantitative estimate of drug-likeness (QED) is 0.219. The summed E-state index contributed by atoms with van der Waals surface area (Å²) in [6.45, 7) is 6.27. The SMILES string of the molecule is CC(C)C(NC(=O)C(NC(=O)C(CCC(N)=O)NC(=O)CN)C(C)C)C(=O)O. The fourth-order valence-corrected chi connectivity index (χ4v) is 2.35. The third kappa shape index (κ3) is 8.80. The Morgan fingerprint density at radius 2 is 1.36 bits per heavy atom. The van der Waals surface area contributed by atoms with Crippen molar-refractivity contribution >= 4 is 29.6 Å². The van der Waals surface area contributed by atoms with Gasteiger partial charge in [0.2, 0.25) is 23.6 Å². The summed E-state index contributed by atoms with van der Waals surface area (Å²) in [5.74, 6) is -4.55. The normalized spacial score (nSPS) is 14.1. The second-order valence-corrected chi connectivity index (χ2v) is 7.13. The van der Waals surface area contributed by atoms with Gasteiger partial charge in [0.15, 0.2) is 0 Å². The van der Waals surface area contributed by atoms with E-state index in [0.717, 1.165) is 0 Å². The first-order chi connectivity index (χ1) is 12.9. The van der Waals surface area contributed by atoms with Gasteiger partial charge in [0.1, 0.15) is 18.1 Å². The summed E-state index contributed by atoms with van der Waals surface area (Å²) in [6.07, 6.45) is -0.223. The van der Waals surface area contributed by atoms with E-state index in [9.17, 15) is 29.1 Å². The Morgan fingerprint density at radius 3 is 1.75 bits per heavy atom. The lowest BCUT2D eigenvalue weighted by Crippen LogP contribution is -2.58. The molecule has 0 spiro atoms. The standard InChI is InChI=1S/C17H31N5O6/c1-8(2)13(16(26)22-14(9(3)4)17(27)28)21-15(25)10(5-6-11(19)23)20-12(24)7-18/h8-10,13-14H,5-7,18H2,1-4H3,(H2,19,23)(H,20,24)(H,21,25)(H,22,26)(H,27,28). The Labute approximate surface area is 164 Å². The molecule has 11 heteroatoms. The molecule has 0 bridgehead atoms. The van der Waals surface area contributed by atoms with Crippen molar-refractivity contribution in [1.82, 2.24) is 16.0 Å². The van der Waals surface area contributed by atoms with Gasteiger partial charge >= 0.3 is 5.97 Å². The molecule has 0 aliphatic heterocycles. The zero-order valence-corrected chi connectivity index (χ0v) is 16.7. The van der Waals surface area contributed by atoms with E-state index >= 15 is 0 Å². The Morgan fingerprint density at radius 1 is 0.857 bits per heavy atom. The van der Waals surface area contributed by atoms with Crippen molar-refractivity contribution in [2.45, 2.75) is 58.7 Å². The van der Waals surface area contributed by atoms with E-state index in [0.29, 0.717) is 0 Å². The van der Waals surface area contributed by atoms with Crippen molar-refractivity contribution in [3.8, 4) is 0 Å². The number of rotatable bonds is 12. The molecule has 3 atom stereocenters. The number of amides is 4. The molecule has 0 saturated carbocycles. The van der Waals surface area contributed by atoms with E-state index in [1.807, 2.05) is 0 Å². The largest absolute Gasteiger partial charge is 0.480 e. The van der Waals surface area contributed by atoms with Gasteiger partial charge in [0.05, 0.1) is 6.54 Å². The Bertz CT molecular complexity index is 593. The number of hydrogen-bond acceptors (Lipinski definition) is 6. The van der Waals surface area contributed by atoms with E-state index in [1.54, 1.807) is 27.7 Å². The van der Waals surface area contributed by atoms with Crippen molar-refractivity contribution in [3.05, 3.63) is 0 Å². The first kappa shape index (κ1) is 25.3. The minimum atomic E-state index is -1.19. The fourth-order valence-electron chi connectivity index (χ4n) is 2.35. The number of nitrogens with one attached hydrogen (secondary N) is 3. The third-order valence-corrected chi connectivity index (χ3v) is 3.99. The molecule has 0 aliphatic rings. The Hall–Kier alpha value is -2.69. The number of aliphatic carboxylic acids is 1. The molecule has 28 heavy (non-hydrogen) atoms. The van der Waals surface area contributed by atoms with Gasteiger partial charge in [-0.25, -0.2) is 4.79 Å². The van der Waals surface area contributed by atoms with Gasteiger partial charge < -0.3 is 32.5 Å². The summed E-state index contributed by atoms with van der Waals surface area (Å²) >= 11 is 0.